The molecule has 6 nitrogen and oxygen atoms in total. The second-order valence-corrected chi connectivity index (χ2v) is 7.46. The van der Waals surface area contributed by atoms with E-state index >= 15 is 0 Å². The molecule has 1 fully saturated rings. The maximum atomic E-state index is 5.44. The first-order valence-corrected chi connectivity index (χ1v) is 10.3. The molecule has 2 rings (SSSR count). The number of aliphatic imine (C=N–C) groups is 1. The summed E-state index contributed by atoms with van der Waals surface area (Å²) in [7, 11) is 0. The fourth-order valence-electron chi connectivity index (χ4n) is 3.11. The quantitative estimate of drug-likeness (QED) is 0.275. The molecular formula is C21H38IN5O. The first-order valence-electron chi connectivity index (χ1n) is 10.3. The van der Waals surface area contributed by atoms with Crippen LogP contribution in [-0.4, -0.2) is 68.9 Å². The van der Waals surface area contributed by atoms with E-state index in [0.717, 1.165) is 57.6 Å². The van der Waals surface area contributed by atoms with E-state index in [1.807, 2.05) is 6.07 Å². The molecule has 0 aliphatic carbocycles. The van der Waals surface area contributed by atoms with Crippen molar-refractivity contribution < 1.29 is 4.74 Å². The van der Waals surface area contributed by atoms with Gasteiger partial charge in [0.05, 0.1) is 19.8 Å². The van der Waals surface area contributed by atoms with Gasteiger partial charge in [0.25, 0.3) is 0 Å². The van der Waals surface area contributed by atoms with Crippen molar-refractivity contribution in [3.05, 3.63) is 30.3 Å². The summed E-state index contributed by atoms with van der Waals surface area (Å²) in [6, 6.07) is 11.1. The first kappa shape index (κ1) is 25.0. The number of ether oxygens (including phenoxy) is 1. The number of hydrogen-bond donors (Lipinski definition) is 3. The van der Waals surface area contributed by atoms with Crippen LogP contribution in [0.25, 0.3) is 0 Å². The number of rotatable bonds is 9. The second kappa shape index (κ2) is 14.0. The highest BCUT2D eigenvalue weighted by atomic mass is 127. The monoisotopic (exact) mass is 503 g/mol. The lowest BCUT2D eigenvalue weighted by atomic mass is 10.0. The minimum atomic E-state index is 0. The molecule has 1 saturated heterocycles. The Labute approximate surface area is 187 Å². The van der Waals surface area contributed by atoms with E-state index < -0.39 is 0 Å². The summed E-state index contributed by atoms with van der Waals surface area (Å²) >= 11 is 0. The molecule has 1 heterocycles. The Morgan fingerprint density at radius 2 is 1.79 bits per heavy atom. The molecule has 0 aromatic heterocycles. The van der Waals surface area contributed by atoms with Gasteiger partial charge in [-0.1, -0.05) is 32.0 Å². The van der Waals surface area contributed by atoms with Crippen LogP contribution >= 0.6 is 24.0 Å². The highest BCUT2D eigenvalue weighted by Crippen LogP contribution is 2.11. The van der Waals surface area contributed by atoms with Crippen molar-refractivity contribution in [2.45, 2.75) is 39.8 Å². The van der Waals surface area contributed by atoms with Crippen molar-refractivity contribution in [1.82, 2.24) is 15.5 Å². The topological polar surface area (TPSA) is 60.9 Å². The van der Waals surface area contributed by atoms with Crippen LogP contribution in [0.1, 0.15) is 27.7 Å². The van der Waals surface area contributed by atoms with Crippen molar-refractivity contribution >= 4 is 35.6 Å². The molecule has 2 atom stereocenters. The highest BCUT2D eigenvalue weighted by molar-refractivity contribution is 14.0. The molecule has 0 bridgehead atoms. The lowest BCUT2D eigenvalue weighted by Crippen LogP contribution is -2.46. The molecule has 1 aliphatic rings. The maximum Gasteiger partial charge on any atom is 0.191 e. The zero-order chi connectivity index (χ0) is 19.5. The summed E-state index contributed by atoms with van der Waals surface area (Å²) in [5.41, 5.74) is 1.15. The van der Waals surface area contributed by atoms with Crippen LogP contribution in [0.4, 0.5) is 5.69 Å². The van der Waals surface area contributed by atoms with E-state index in [-0.39, 0.29) is 24.0 Å². The second-order valence-electron chi connectivity index (χ2n) is 7.46. The molecule has 160 valence electrons. The van der Waals surface area contributed by atoms with Gasteiger partial charge in [0.2, 0.25) is 0 Å². The number of para-hydroxylation sites is 1. The molecule has 0 radical (unpaired) electrons. The minimum Gasteiger partial charge on any atom is -0.380 e. The Morgan fingerprint density at radius 1 is 1.11 bits per heavy atom. The minimum absolute atomic E-state index is 0. The normalized spacial score (nSPS) is 17.5. The smallest absolute Gasteiger partial charge is 0.191 e. The fraction of sp³-hybridized carbons (Fsp3) is 0.667. The van der Waals surface area contributed by atoms with Crippen LogP contribution in [0.15, 0.2) is 35.3 Å². The number of halogens is 1. The predicted molar refractivity (Wildman–Crippen MR) is 130 cm³/mol. The SMILES string of the molecule is CCNC(=NCC(C)N1CCOCC1)NCC(Nc1ccccc1)C(C)C.I. The van der Waals surface area contributed by atoms with Crippen LogP contribution < -0.4 is 16.0 Å². The maximum absolute atomic E-state index is 5.44. The number of nitrogens with zero attached hydrogens (tertiary/aromatic N) is 2. The van der Waals surface area contributed by atoms with E-state index in [2.05, 4.69) is 72.8 Å². The van der Waals surface area contributed by atoms with Gasteiger partial charge in [-0.2, -0.15) is 0 Å². The van der Waals surface area contributed by atoms with Crippen molar-refractivity contribution in [1.29, 1.82) is 0 Å². The third-order valence-corrected chi connectivity index (χ3v) is 4.95. The van der Waals surface area contributed by atoms with Crippen LogP contribution in [0.2, 0.25) is 0 Å². The Hall–Kier alpha value is -1.06. The summed E-state index contributed by atoms with van der Waals surface area (Å²) < 4.78 is 5.44. The Bertz CT molecular complexity index is 549. The van der Waals surface area contributed by atoms with Crippen LogP contribution in [0.3, 0.4) is 0 Å². The summed E-state index contributed by atoms with van der Waals surface area (Å²) in [4.78, 5) is 7.26. The third-order valence-electron chi connectivity index (χ3n) is 4.95. The highest BCUT2D eigenvalue weighted by Gasteiger charge is 2.17. The lowest BCUT2D eigenvalue weighted by Gasteiger charge is -2.31. The Morgan fingerprint density at radius 3 is 2.39 bits per heavy atom. The lowest BCUT2D eigenvalue weighted by molar-refractivity contribution is 0.0220. The predicted octanol–water partition coefficient (Wildman–Crippen LogP) is 3.02. The molecule has 1 aromatic carbocycles. The Balaban J connectivity index is 0.00000392. The zero-order valence-electron chi connectivity index (χ0n) is 17.8. The molecule has 7 heteroatoms. The van der Waals surface area contributed by atoms with Gasteiger partial charge >= 0.3 is 0 Å². The van der Waals surface area contributed by atoms with E-state index in [4.69, 9.17) is 9.73 Å². The first-order chi connectivity index (χ1) is 13.1. The van der Waals surface area contributed by atoms with Gasteiger partial charge in [0, 0.05) is 44.0 Å². The average molecular weight is 503 g/mol. The molecule has 2 unspecified atom stereocenters. The van der Waals surface area contributed by atoms with Crippen LogP contribution in [0, 0.1) is 5.92 Å². The summed E-state index contributed by atoms with van der Waals surface area (Å²) in [5, 5.41) is 10.5. The van der Waals surface area contributed by atoms with Gasteiger partial charge in [0.15, 0.2) is 5.96 Å². The molecule has 1 aliphatic heterocycles. The van der Waals surface area contributed by atoms with Gasteiger partial charge in [-0.25, -0.2) is 0 Å². The van der Waals surface area contributed by atoms with Gasteiger partial charge in [-0.3, -0.25) is 9.89 Å². The largest absolute Gasteiger partial charge is 0.380 e. The van der Waals surface area contributed by atoms with E-state index in [0.29, 0.717) is 18.0 Å². The number of morpholine rings is 1. The molecule has 28 heavy (non-hydrogen) atoms. The average Bonchev–Trinajstić information content (AvgIpc) is 2.70. The standard InChI is InChI=1S/C21H37N5O.HI/c1-5-22-21(23-15-18(4)26-11-13-27-14-12-26)24-16-20(17(2)3)25-19-9-7-6-8-10-19;/h6-10,17-18,20,25H,5,11-16H2,1-4H3,(H2,22,23,24);1H. The number of anilines is 1. The van der Waals surface area contributed by atoms with E-state index in [9.17, 15) is 0 Å². The molecule has 0 amide bonds. The van der Waals surface area contributed by atoms with Gasteiger partial charge in [-0.05, 0) is 31.9 Å². The van der Waals surface area contributed by atoms with Crippen molar-refractivity contribution in [3.8, 4) is 0 Å². The van der Waals surface area contributed by atoms with Crippen molar-refractivity contribution in [2.75, 3.05) is 51.3 Å². The number of nitrogens with one attached hydrogen (secondary N) is 3. The fourth-order valence-corrected chi connectivity index (χ4v) is 3.11. The molecular weight excluding hydrogens is 465 g/mol. The number of hydrogen-bond acceptors (Lipinski definition) is 4. The molecule has 0 saturated carbocycles. The number of guanidine groups is 1. The molecule has 3 N–H and O–H groups in total. The molecule has 0 spiro atoms. The van der Waals surface area contributed by atoms with E-state index in [1.165, 1.54) is 0 Å². The summed E-state index contributed by atoms with van der Waals surface area (Å²) in [6.07, 6.45) is 0. The van der Waals surface area contributed by atoms with Gasteiger partial charge in [0.1, 0.15) is 0 Å². The Kier molecular flexibility index (Phi) is 12.5. The number of benzene rings is 1. The molecule has 1 aromatic rings. The van der Waals surface area contributed by atoms with Crippen LogP contribution in [0.5, 0.6) is 0 Å². The third kappa shape index (κ3) is 8.96. The van der Waals surface area contributed by atoms with Gasteiger partial charge in [-0.15, -0.1) is 24.0 Å². The van der Waals surface area contributed by atoms with E-state index in [1.54, 1.807) is 0 Å². The van der Waals surface area contributed by atoms with Crippen molar-refractivity contribution in [2.24, 2.45) is 10.9 Å². The van der Waals surface area contributed by atoms with Gasteiger partial charge < -0.3 is 20.7 Å². The van der Waals surface area contributed by atoms with Crippen molar-refractivity contribution in [3.63, 3.8) is 0 Å². The summed E-state index contributed by atoms with van der Waals surface area (Å²) in [5.74, 6) is 1.39. The van der Waals surface area contributed by atoms with Crippen LogP contribution in [-0.2, 0) is 4.74 Å². The summed E-state index contributed by atoms with van der Waals surface area (Å²) in [6.45, 7) is 14.9. The zero-order valence-corrected chi connectivity index (χ0v) is 20.1.